The average Bonchev–Trinajstić information content (AvgIpc) is 2.74. The Hall–Kier alpha value is 0.150. The normalized spacial score (nSPS) is 46.9. The molecule has 5 nitrogen and oxygen atoms in total. The molecule has 3 rings (SSSR count). The van der Waals surface area contributed by atoms with Crippen LogP contribution in [0.15, 0.2) is 0 Å². The van der Waals surface area contributed by atoms with Crippen LogP contribution < -0.4 is 0 Å². The molecule has 0 spiro atoms. The van der Waals surface area contributed by atoms with Crippen molar-refractivity contribution >= 4 is 11.8 Å². The lowest BCUT2D eigenvalue weighted by atomic mass is 10.00. The van der Waals surface area contributed by atoms with E-state index in [2.05, 4.69) is 6.26 Å². The molecule has 0 aliphatic carbocycles. The zero-order valence-corrected chi connectivity index (χ0v) is 12.9. The van der Waals surface area contributed by atoms with Gasteiger partial charge in [-0.2, -0.15) is 11.8 Å². The highest BCUT2D eigenvalue weighted by Gasteiger charge is 2.60. The Balaban J connectivity index is 1.84. The smallest absolute Gasteiger partial charge is 0.190 e. The molecule has 0 N–H and O–H groups in total. The molecule has 3 heterocycles. The first-order valence-corrected chi connectivity index (χ1v) is 8.06. The van der Waals surface area contributed by atoms with Crippen LogP contribution in [0, 0.1) is 0 Å². The van der Waals surface area contributed by atoms with Gasteiger partial charge in [-0.15, -0.1) is 0 Å². The van der Waals surface area contributed by atoms with Crippen molar-refractivity contribution in [3.8, 4) is 0 Å². The van der Waals surface area contributed by atoms with Crippen LogP contribution in [0.3, 0.4) is 0 Å². The fraction of sp³-hybridized carbons (Fsp3) is 1.00. The van der Waals surface area contributed by atoms with Crippen molar-refractivity contribution in [1.29, 1.82) is 0 Å². The molecule has 0 aromatic rings. The van der Waals surface area contributed by atoms with Crippen LogP contribution in [-0.2, 0) is 23.7 Å². The summed E-state index contributed by atoms with van der Waals surface area (Å²) in [6, 6.07) is 0. The Morgan fingerprint density at radius 1 is 0.842 bits per heavy atom. The third-order valence-electron chi connectivity index (χ3n) is 3.58. The fourth-order valence-corrected chi connectivity index (χ4v) is 3.59. The quantitative estimate of drug-likeness (QED) is 0.772. The fourth-order valence-electron chi connectivity index (χ4n) is 2.99. The first-order chi connectivity index (χ1) is 8.81. The molecule has 0 bridgehead atoms. The van der Waals surface area contributed by atoms with Crippen LogP contribution in [0.4, 0.5) is 0 Å². The summed E-state index contributed by atoms with van der Waals surface area (Å²) in [6.07, 6.45) is 1.21. The van der Waals surface area contributed by atoms with E-state index in [4.69, 9.17) is 23.7 Å². The van der Waals surface area contributed by atoms with Crippen LogP contribution in [0.2, 0.25) is 0 Å². The molecule has 3 saturated heterocycles. The molecule has 3 aliphatic rings. The number of rotatable bonds is 2. The summed E-state index contributed by atoms with van der Waals surface area (Å²) in [4.78, 5) is 0. The van der Waals surface area contributed by atoms with E-state index in [1.807, 2.05) is 27.7 Å². The van der Waals surface area contributed by atoms with Crippen molar-refractivity contribution in [1.82, 2.24) is 0 Å². The second-order valence-electron chi connectivity index (χ2n) is 6.16. The lowest BCUT2D eigenvalue weighted by molar-refractivity contribution is -0.228. The Morgan fingerprint density at radius 2 is 1.42 bits per heavy atom. The number of ether oxygens (including phenoxy) is 5. The summed E-state index contributed by atoms with van der Waals surface area (Å²) >= 11 is 1.73. The molecule has 5 atom stereocenters. The van der Waals surface area contributed by atoms with Crippen LogP contribution >= 0.6 is 11.8 Å². The molecule has 3 fully saturated rings. The van der Waals surface area contributed by atoms with Crippen LogP contribution in [0.25, 0.3) is 0 Å². The number of hydrogen-bond acceptors (Lipinski definition) is 6. The maximum Gasteiger partial charge on any atom is 0.190 e. The second kappa shape index (κ2) is 4.58. The molecular weight excluding hydrogens is 268 g/mol. The van der Waals surface area contributed by atoms with Gasteiger partial charge in [-0.3, -0.25) is 0 Å². The van der Waals surface area contributed by atoms with Gasteiger partial charge in [0.25, 0.3) is 0 Å². The molecule has 110 valence electrons. The molecular formula is C13H22O5S. The van der Waals surface area contributed by atoms with Crippen molar-refractivity contribution in [2.75, 3.05) is 12.0 Å². The van der Waals surface area contributed by atoms with Gasteiger partial charge in [-0.25, -0.2) is 0 Å². The van der Waals surface area contributed by atoms with Crippen molar-refractivity contribution in [2.24, 2.45) is 0 Å². The monoisotopic (exact) mass is 290 g/mol. The Labute approximate surface area is 118 Å². The second-order valence-corrected chi connectivity index (χ2v) is 7.07. The summed E-state index contributed by atoms with van der Waals surface area (Å²) in [5.41, 5.74) is 0. The number of thioether (sulfide) groups is 1. The van der Waals surface area contributed by atoms with E-state index in [0.29, 0.717) is 0 Å². The summed E-state index contributed by atoms with van der Waals surface area (Å²) in [5, 5.41) is 0. The summed E-state index contributed by atoms with van der Waals surface area (Å²) in [7, 11) is 0. The van der Waals surface area contributed by atoms with Gasteiger partial charge in [0.2, 0.25) is 0 Å². The Kier molecular flexibility index (Phi) is 3.40. The first kappa shape index (κ1) is 14.1. The third-order valence-corrected chi connectivity index (χ3v) is 4.24. The van der Waals surface area contributed by atoms with Crippen molar-refractivity contribution < 1.29 is 23.7 Å². The maximum absolute atomic E-state index is 6.02. The predicted octanol–water partition coefficient (Wildman–Crippen LogP) is 1.75. The summed E-state index contributed by atoms with van der Waals surface area (Å²) in [5.74, 6) is -0.377. The SMILES string of the molecule is CSCC1O[C@@H]2OC(C)(C)OC2[C@H]2OC(C)(C)O[C@@H]12. The topological polar surface area (TPSA) is 46.2 Å². The molecule has 2 unspecified atom stereocenters. The van der Waals surface area contributed by atoms with E-state index in [9.17, 15) is 0 Å². The molecule has 0 saturated carbocycles. The van der Waals surface area contributed by atoms with E-state index in [1.54, 1.807) is 11.8 Å². The minimum absolute atomic E-state index is 0.0273. The van der Waals surface area contributed by atoms with E-state index in [0.717, 1.165) is 5.75 Å². The zero-order valence-electron chi connectivity index (χ0n) is 12.0. The number of hydrogen-bond donors (Lipinski definition) is 0. The predicted molar refractivity (Wildman–Crippen MR) is 70.9 cm³/mol. The van der Waals surface area contributed by atoms with Crippen molar-refractivity contribution in [3.05, 3.63) is 0 Å². The lowest BCUT2D eigenvalue weighted by Gasteiger charge is -2.37. The van der Waals surface area contributed by atoms with Crippen LogP contribution in [0.5, 0.6) is 0 Å². The van der Waals surface area contributed by atoms with Crippen molar-refractivity contribution in [2.45, 2.75) is 70.0 Å². The molecule has 0 aromatic carbocycles. The standard InChI is InChI=1S/C13H22O5S/c1-12(2)15-8-7(6-19-5)14-11-10(9(8)16-12)17-13(3,4)18-11/h7-11H,6H2,1-5H3/t7?,8-,9-,10?,11+/m0/s1. The van der Waals surface area contributed by atoms with Gasteiger partial charge in [0.05, 0.1) is 6.10 Å². The van der Waals surface area contributed by atoms with Gasteiger partial charge in [-0.05, 0) is 34.0 Å². The van der Waals surface area contributed by atoms with E-state index in [-0.39, 0.29) is 30.7 Å². The molecule has 3 aliphatic heterocycles. The Bertz CT molecular complexity index is 359. The number of fused-ring (bicyclic) bond motifs is 3. The molecule has 6 heteroatoms. The molecule has 0 amide bonds. The highest BCUT2D eigenvalue weighted by Crippen LogP contribution is 2.44. The van der Waals surface area contributed by atoms with Gasteiger partial charge in [0.15, 0.2) is 17.9 Å². The highest BCUT2D eigenvalue weighted by atomic mass is 32.2. The minimum Gasteiger partial charge on any atom is -0.343 e. The highest BCUT2D eigenvalue weighted by molar-refractivity contribution is 7.98. The van der Waals surface area contributed by atoms with Crippen molar-refractivity contribution in [3.63, 3.8) is 0 Å². The Morgan fingerprint density at radius 3 is 2.11 bits per heavy atom. The molecule has 0 radical (unpaired) electrons. The van der Waals surface area contributed by atoms with Crippen LogP contribution in [-0.4, -0.2) is 54.3 Å². The molecule has 19 heavy (non-hydrogen) atoms. The van der Waals surface area contributed by atoms with E-state index >= 15 is 0 Å². The van der Waals surface area contributed by atoms with E-state index < -0.39 is 11.6 Å². The first-order valence-electron chi connectivity index (χ1n) is 6.67. The van der Waals surface area contributed by atoms with Gasteiger partial charge in [0, 0.05) is 5.75 Å². The summed E-state index contributed by atoms with van der Waals surface area (Å²) in [6.45, 7) is 7.65. The van der Waals surface area contributed by atoms with E-state index in [1.165, 1.54) is 0 Å². The molecule has 0 aromatic heterocycles. The maximum atomic E-state index is 6.02. The lowest BCUT2D eigenvalue weighted by Crippen LogP contribution is -2.55. The van der Waals surface area contributed by atoms with Gasteiger partial charge < -0.3 is 23.7 Å². The average molecular weight is 290 g/mol. The largest absolute Gasteiger partial charge is 0.343 e. The minimum atomic E-state index is -0.635. The summed E-state index contributed by atoms with van der Waals surface area (Å²) < 4.78 is 29.8. The zero-order chi connectivity index (χ0) is 13.8. The third kappa shape index (κ3) is 2.54. The van der Waals surface area contributed by atoms with Crippen LogP contribution in [0.1, 0.15) is 27.7 Å². The van der Waals surface area contributed by atoms with Gasteiger partial charge in [0.1, 0.15) is 18.3 Å². The van der Waals surface area contributed by atoms with Gasteiger partial charge >= 0.3 is 0 Å². The van der Waals surface area contributed by atoms with Gasteiger partial charge in [-0.1, -0.05) is 0 Å².